The molecule has 0 atom stereocenters. The highest BCUT2D eigenvalue weighted by molar-refractivity contribution is 6.18. The van der Waals surface area contributed by atoms with Crippen LogP contribution in [0.4, 0.5) is 0 Å². The van der Waals surface area contributed by atoms with Crippen molar-refractivity contribution in [1.29, 1.82) is 0 Å². The highest BCUT2D eigenvalue weighted by Gasteiger charge is 2.30. The normalized spacial score (nSPS) is 12.7. The van der Waals surface area contributed by atoms with Gasteiger partial charge in [0.05, 0.1) is 27.8 Å². The molecule has 3 heteroatoms. The highest BCUT2D eigenvalue weighted by Crippen LogP contribution is 2.52. The zero-order valence-corrected chi connectivity index (χ0v) is 28.2. The Morgan fingerprint density at radius 3 is 1.88 bits per heavy atom. The first kappa shape index (κ1) is 27.9. The van der Waals surface area contributed by atoms with Crippen LogP contribution >= 0.6 is 0 Å². The molecule has 2 aliphatic rings. The Labute approximate surface area is 300 Å². The van der Waals surface area contributed by atoms with Gasteiger partial charge in [0, 0.05) is 43.9 Å². The van der Waals surface area contributed by atoms with Crippen LogP contribution in [-0.2, 0) is 6.61 Å². The number of benzene rings is 8. The second-order valence-electron chi connectivity index (χ2n) is 14.0. The summed E-state index contributed by atoms with van der Waals surface area (Å²) in [5, 5.41) is 5.03. The van der Waals surface area contributed by atoms with Crippen LogP contribution in [0.25, 0.3) is 99.5 Å². The van der Waals surface area contributed by atoms with Crippen LogP contribution in [0.2, 0.25) is 0 Å². The number of nitrogens with zero attached hydrogens (tertiary/aromatic N) is 2. The molecular formula is C49H30N2O. The largest absolute Gasteiger partial charge is 0.488 e. The summed E-state index contributed by atoms with van der Waals surface area (Å²) in [6.07, 6.45) is 0. The monoisotopic (exact) mass is 662 g/mol. The smallest absolute Gasteiger partial charge is 0.129 e. The second kappa shape index (κ2) is 10.3. The fourth-order valence-corrected chi connectivity index (χ4v) is 9.05. The number of hydrogen-bond donors (Lipinski definition) is 0. The van der Waals surface area contributed by atoms with Gasteiger partial charge in [-0.3, -0.25) is 0 Å². The molecule has 0 saturated heterocycles. The molecule has 52 heavy (non-hydrogen) atoms. The fraction of sp³-hybridized carbons (Fsp3) is 0.0204. The highest BCUT2D eigenvalue weighted by atomic mass is 16.5. The van der Waals surface area contributed by atoms with Crippen molar-refractivity contribution >= 4 is 43.6 Å². The molecule has 12 rings (SSSR count). The third-order valence-corrected chi connectivity index (χ3v) is 11.3. The zero-order valence-electron chi connectivity index (χ0n) is 28.2. The second-order valence-corrected chi connectivity index (χ2v) is 14.0. The molecule has 2 aromatic heterocycles. The van der Waals surface area contributed by atoms with E-state index in [2.05, 4.69) is 179 Å². The maximum absolute atomic E-state index is 6.34. The van der Waals surface area contributed by atoms with E-state index >= 15 is 0 Å². The SMILES string of the molecule is c1ccc(-c2ccc(-n3c4ccccc4c4cc(-c5ccc6c(c5)c5cccc7c5n6-c5cccc6c5-c5c(cccc5-7)CO6)ccc43)cc2)cc1. The zero-order chi connectivity index (χ0) is 33.9. The van der Waals surface area contributed by atoms with E-state index in [1.165, 1.54) is 99.4 Å². The summed E-state index contributed by atoms with van der Waals surface area (Å²) in [4.78, 5) is 0. The predicted molar refractivity (Wildman–Crippen MR) is 215 cm³/mol. The van der Waals surface area contributed by atoms with Crippen LogP contribution in [0.5, 0.6) is 5.75 Å². The van der Waals surface area contributed by atoms with E-state index in [1.807, 2.05) is 0 Å². The van der Waals surface area contributed by atoms with Crippen LogP contribution in [0.3, 0.4) is 0 Å². The van der Waals surface area contributed by atoms with Gasteiger partial charge in [0.1, 0.15) is 12.4 Å². The molecule has 3 nitrogen and oxygen atoms in total. The summed E-state index contributed by atoms with van der Waals surface area (Å²) in [7, 11) is 0. The molecule has 0 unspecified atom stereocenters. The van der Waals surface area contributed by atoms with E-state index in [0.717, 1.165) is 11.4 Å². The van der Waals surface area contributed by atoms with Crippen LogP contribution in [0.15, 0.2) is 170 Å². The molecule has 0 bridgehead atoms. The van der Waals surface area contributed by atoms with Crippen molar-refractivity contribution in [3.8, 4) is 61.6 Å². The molecule has 0 spiro atoms. The van der Waals surface area contributed by atoms with Crippen LogP contribution < -0.4 is 4.74 Å². The van der Waals surface area contributed by atoms with Crippen molar-refractivity contribution in [2.45, 2.75) is 6.61 Å². The summed E-state index contributed by atoms with van der Waals surface area (Å²) in [6, 6.07) is 62.2. The molecule has 0 saturated carbocycles. The Hall–Kier alpha value is -6.84. The van der Waals surface area contributed by atoms with Crippen LogP contribution in [0, 0.1) is 0 Å². The average Bonchev–Trinajstić information content (AvgIpc) is 3.68. The third kappa shape index (κ3) is 3.74. The van der Waals surface area contributed by atoms with E-state index in [-0.39, 0.29) is 0 Å². The summed E-state index contributed by atoms with van der Waals surface area (Å²) in [6.45, 7) is 0.595. The Morgan fingerprint density at radius 2 is 1.04 bits per heavy atom. The lowest BCUT2D eigenvalue weighted by Crippen LogP contribution is -2.08. The van der Waals surface area contributed by atoms with Gasteiger partial charge in [0.2, 0.25) is 0 Å². The number of fused-ring (bicyclic) bond motifs is 8. The molecule has 0 aliphatic carbocycles. The molecule has 242 valence electrons. The number of para-hydroxylation sites is 2. The molecule has 8 aromatic carbocycles. The minimum Gasteiger partial charge on any atom is -0.488 e. The summed E-state index contributed by atoms with van der Waals surface area (Å²) in [5.74, 6) is 0.955. The van der Waals surface area contributed by atoms with Crippen molar-refractivity contribution in [1.82, 2.24) is 9.13 Å². The maximum Gasteiger partial charge on any atom is 0.129 e. The number of aromatic nitrogens is 2. The van der Waals surface area contributed by atoms with E-state index in [1.54, 1.807) is 0 Å². The maximum atomic E-state index is 6.34. The van der Waals surface area contributed by atoms with Gasteiger partial charge < -0.3 is 13.9 Å². The van der Waals surface area contributed by atoms with Gasteiger partial charge in [0.15, 0.2) is 0 Å². The lowest BCUT2D eigenvalue weighted by Gasteiger charge is -2.24. The fourth-order valence-electron chi connectivity index (χ4n) is 9.05. The molecular weight excluding hydrogens is 633 g/mol. The van der Waals surface area contributed by atoms with Gasteiger partial charge in [-0.1, -0.05) is 115 Å². The molecule has 0 N–H and O–H groups in total. The molecule has 0 fully saturated rings. The van der Waals surface area contributed by atoms with Crippen LogP contribution in [-0.4, -0.2) is 9.13 Å². The van der Waals surface area contributed by atoms with E-state index in [4.69, 9.17) is 4.74 Å². The van der Waals surface area contributed by atoms with Gasteiger partial charge in [0.25, 0.3) is 0 Å². The lowest BCUT2D eigenvalue weighted by atomic mass is 9.88. The standard InChI is InChI=1S/C49H30N2O/c1-2-9-30(10-3-1)31-19-23-35(24-20-31)50-42-16-5-4-12-36(42)40-27-32(21-25-43(40)50)33-22-26-44-41(28-33)39-15-7-14-38-37-13-6-11-34-29-52-46-18-8-17-45(48(46)47(34)37)51(44)49(38)39/h1-28H,29H2. The quantitative estimate of drug-likeness (QED) is 0.184. The minimum absolute atomic E-state index is 0.595. The van der Waals surface area contributed by atoms with Gasteiger partial charge in [-0.15, -0.1) is 0 Å². The van der Waals surface area contributed by atoms with E-state index in [9.17, 15) is 0 Å². The van der Waals surface area contributed by atoms with Crippen molar-refractivity contribution in [2.75, 3.05) is 0 Å². The third-order valence-electron chi connectivity index (χ3n) is 11.3. The molecule has 2 aliphatic heterocycles. The molecule has 4 heterocycles. The van der Waals surface area contributed by atoms with Crippen molar-refractivity contribution < 1.29 is 4.74 Å². The van der Waals surface area contributed by atoms with Crippen LogP contribution in [0.1, 0.15) is 5.56 Å². The predicted octanol–water partition coefficient (Wildman–Crippen LogP) is 12.8. The average molecular weight is 663 g/mol. The van der Waals surface area contributed by atoms with Crippen molar-refractivity contribution in [3.63, 3.8) is 0 Å². The first-order valence-corrected chi connectivity index (χ1v) is 18.0. The molecule has 10 aromatic rings. The first-order chi connectivity index (χ1) is 25.8. The van der Waals surface area contributed by atoms with E-state index in [0.29, 0.717) is 6.61 Å². The Balaban J connectivity index is 1.05. The van der Waals surface area contributed by atoms with Crippen molar-refractivity contribution in [2.24, 2.45) is 0 Å². The van der Waals surface area contributed by atoms with Gasteiger partial charge >= 0.3 is 0 Å². The number of ether oxygens (including phenoxy) is 1. The van der Waals surface area contributed by atoms with E-state index < -0.39 is 0 Å². The Morgan fingerprint density at radius 1 is 0.404 bits per heavy atom. The Bertz CT molecular complexity index is 3110. The van der Waals surface area contributed by atoms with Crippen molar-refractivity contribution in [3.05, 3.63) is 175 Å². The lowest BCUT2D eigenvalue weighted by molar-refractivity contribution is 0.302. The topological polar surface area (TPSA) is 19.1 Å². The Kier molecular flexibility index (Phi) is 5.56. The summed E-state index contributed by atoms with van der Waals surface area (Å²) < 4.78 is 11.2. The minimum atomic E-state index is 0.595. The summed E-state index contributed by atoms with van der Waals surface area (Å²) >= 11 is 0. The summed E-state index contributed by atoms with van der Waals surface area (Å²) in [5.41, 5.74) is 18.4. The first-order valence-electron chi connectivity index (χ1n) is 18.0. The van der Waals surface area contributed by atoms with Gasteiger partial charge in [-0.25, -0.2) is 0 Å². The van der Waals surface area contributed by atoms with Gasteiger partial charge in [-0.2, -0.15) is 0 Å². The number of hydrogen-bond acceptors (Lipinski definition) is 1. The molecule has 0 amide bonds. The number of rotatable bonds is 3. The van der Waals surface area contributed by atoms with Gasteiger partial charge in [-0.05, 0) is 88.0 Å². The molecule has 0 radical (unpaired) electrons.